The van der Waals surface area contributed by atoms with Crippen LogP contribution < -0.4 is 21.5 Å². The summed E-state index contributed by atoms with van der Waals surface area (Å²) in [5.41, 5.74) is 1.14. The molecule has 1 aromatic carbocycles. The number of para-hydroxylation sites is 1. The zero-order valence-electron chi connectivity index (χ0n) is 7.97. The lowest BCUT2D eigenvalue weighted by molar-refractivity contribution is -0.596. The first kappa shape index (κ1) is 10.9. The van der Waals surface area contributed by atoms with Gasteiger partial charge in [-0.05, 0) is 19.1 Å². The number of nitrogens with zero attached hydrogens (tertiary/aromatic N) is 3. The first-order chi connectivity index (χ1) is 6.40. The smallest absolute Gasteiger partial charge is 0.270 e. The molecule has 0 bridgehead atoms. The molecule has 0 saturated heterocycles. The first-order valence-corrected chi connectivity index (χ1v) is 4.39. The van der Waals surface area contributed by atoms with E-state index in [0.717, 1.165) is 12.2 Å². The summed E-state index contributed by atoms with van der Waals surface area (Å²) in [5, 5.41) is 4.19. The molecule has 2 aromatic rings. The summed E-state index contributed by atoms with van der Waals surface area (Å²) in [6.07, 6.45) is 3.80. The number of aromatic nitrogens is 3. The van der Waals surface area contributed by atoms with Crippen LogP contribution in [0, 0.1) is 0 Å². The molecule has 0 spiro atoms. The van der Waals surface area contributed by atoms with Gasteiger partial charge in [0.25, 0.3) is 6.33 Å². The van der Waals surface area contributed by atoms with Crippen molar-refractivity contribution in [3.05, 3.63) is 43.0 Å². The highest BCUT2D eigenvalue weighted by Gasteiger charge is 2.04. The Balaban J connectivity index is 0.000000980. The molecule has 3 nitrogen and oxygen atoms in total. The molecule has 0 radical (unpaired) electrons. The monoisotopic (exact) mass is 253 g/mol. The Morgan fingerprint density at radius 1 is 1.29 bits per heavy atom. The molecule has 0 amide bonds. The number of aryl methyl sites for hydroxylation is 1. The molecule has 0 aliphatic heterocycles. The highest BCUT2D eigenvalue weighted by Crippen LogP contribution is 1.96. The second-order valence-electron chi connectivity index (χ2n) is 2.84. The molecule has 1 aromatic heterocycles. The van der Waals surface area contributed by atoms with E-state index in [1.54, 1.807) is 0 Å². The molecule has 74 valence electrons. The van der Waals surface area contributed by atoms with Crippen LogP contribution in [0.4, 0.5) is 0 Å². The van der Waals surface area contributed by atoms with Crippen molar-refractivity contribution >= 4 is 0 Å². The Morgan fingerprint density at radius 2 is 2.00 bits per heavy atom. The van der Waals surface area contributed by atoms with Gasteiger partial charge in [-0.25, -0.2) is 4.57 Å². The van der Waals surface area contributed by atoms with Gasteiger partial charge in [0.15, 0.2) is 0 Å². The Hall–Kier alpha value is -1.16. The molecule has 4 heteroatoms. The molecule has 0 aliphatic carbocycles. The van der Waals surface area contributed by atoms with Gasteiger partial charge in [0, 0.05) is 5.10 Å². The number of hydrogen-bond acceptors (Lipinski definition) is 1. The van der Waals surface area contributed by atoms with E-state index in [1.807, 2.05) is 40.1 Å². The zero-order chi connectivity index (χ0) is 9.10. The van der Waals surface area contributed by atoms with E-state index in [4.69, 9.17) is 0 Å². The van der Waals surface area contributed by atoms with Crippen molar-refractivity contribution in [1.29, 1.82) is 0 Å². The van der Waals surface area contributed by atoms with Crippen LogP contribution in [0.2, 0.25) is 0 Å². The van der Waals surface area contributed by atoms with E-state index in [2.05, 4.69) is 24.2 Å². The topological polar surface area (TPSA) is 21.7 Å². The maximum absolute atomic E-state index is 4.19. The van der Waals surface area contributed by atoms with Crippen LogP contribution in [0.15, 0.2) is 43.0 Å². The van der Waals surface area contributed by atoms with Gasteiger partial charge < -0.3 is 17.0 Å². The quantitative estimate of drug-likeness (QED) is 0.579. The largest absolute Gasteiger partial charge is 1.00 e. The Kier molecular flexibility index (Phi) is 3.83. The summed E-state index contributed by atoms with van der Waals surface area (Å²) in [6, 6.07) is 10.2. The van der Waals surface area contributed by atoms with Crippen molar-refractivity contribution < 1.29 is 21.5 Å². The summed E-state index contributed by atoms with van der Waals surface area (Å²) >= 11 is 0. The average molecular weight is 254 g/mol. The van der Waals surface area contributed by atoms with Crippen molar-refractivity contribution in [3.63, 3.8) is 0 Å². The fourth-order valence-corrected chi connectivity index (χ4v) is 1.22. The summed E-state index contributed by atoms with van der Waals surface area (Å²) in [7, 11) is 0. The summed E-state index contributed by atoms with van der Waals surface area (Å²) in [4.78, 5) is 0. The molecule has 0 fully saturated rings. The summed E-state index contributed by atoms with van der Waals surface area (Å²) in [5.74, 6) is 0. The van der Waals surface area contributed by atoms with Crippen molar-refractivity contribution in [2.24, 2.45) is 0 Å². The molecule has 0 saturated carbocycles. The van der Waals surface area contributed by atoms with Gasteiger partial charge in [0.05, 0.1) is 0 Å². The number of halogens is 1. The highest BCUT2D eigenvalue weighted by atomic mass is 79.9. The van der Waals surface area contributed by atoms with Crippen LogP contribution in [0.5, 0.6) is 0 Å². The lowest BCUT2D eigenvalue weighted by Gasteiger charge is -1.92. The maximum atomic E-state index is 4.19. The van der Waals surface area contributed by atoms with Gasteiger partial charge >= 0.3 is 0 Å². The van der Waals surface area contributed by atoms with Gasteiger partial charge in [0.1, 0.15) is 12.2 Å². The van der Waals surface area contributed by atoms with E-state index >= 15 is 0 Å². The second kappa shape index (κ2) is 4.91. The van der Waals surface area contributed by atoms with Crippen LogP contribution in [0.3, 0.4) is 0 Å². The van der Waals surface area contributed by atoms with E-state index in [-0.39, 0.29) is 17.0 Å². The van der Waals surface area contributed by atoms with Gasteiger partial charge in [-0.3, -0.25) is 0 Å². The molecule has 14 heavy (non-hydrogen) atoms. The number of hydrogen-bond donors (Lipinski definition) is 0. The van der Waals surface area contributed by atoms with Gasteiger partial charge in [-0.1, -0.05) is 18.2 Å². The normalized spacial score (nSPS) is 9.50. The second-order valence-corrected chi connectivity index (χ2v) is 2.84. The minimum atomic E-state index is 0. The van der Waals surface area contributed by atoms with Crippen LogP contribution >= 0.6 is 0 Å². The van der Waals surface area contributed by atoms with Crippen LogP contribution in [0.25, 0.3) is 5.69 Å². The Morgan fingerprint density at radius 3 is 2.57 bits per heavy atom. The average Bonchev–Trinajstić information content (AvgIpc) is 2.67. The highest BCUT2D eigenvalue weighted by molar-refractivity contribution is 5.20. The third-order valence-electron chi connectivity index (χ3n) is 1.96. The van der Waals surface area contributed by atoms with Crippen LogP contribution in [-0.4, -0.2) is 9.78 Å². The Bertz CT molecular complexity index is 383. The fraction of sp³-hybridized carbons (Fsp3) is 0.200. The van der Waals surface area contributed by atoms with E-state index in [1.165, 1.54) is 0 Å². The minimum absolute atomic E-state index is 0. The van der Waals surface area contributed by atoms with Crippen LogP contribution in [0.1, 0.15) is 6.92 Å². The predicted octanol–water partition coefficient (Wildman–Crippen LogP) is -1.82. The third-order valence-corrected chi connectivity index (χ3v) is 1.96. The van der Waals surface area contributed by atoms with Crippen LogP contribution in [-0.2, 0) is 6.54 Å². The van der Waals surface area contributed by atoms with Crippen molar-refractivity contribution in [1.82, 2.24) is 9.78 Å². The SMILES string of the molecule is CCn1c[n+](-c2ccccc2)cn1.[Br-]. The van der Waals surface area contributed by atoms with E-state index in [9.17, 15) is 0 Å². The minimum Gasteiger partial charge on any atom is -1.00 e. The zero-order valence-corrected chi connectivity index (χ0v) is 9.55. The van der Waals surface area contributed by atoms with Gasteiger partial charge in [-0.15, -0.1) is 4.68 Å². The van der Waals surface area contributed by atoms with Gasteiger partial charge in [-0.2, -0.15) is 0 Å². The number of benzene rings is 1. The molecule has 0 atom stereocenters. The van der Waals surface area contributed by atoms with E-state index in [0.29, 0.717) is 0 Å². The Labute approximate surface area is 93.8 Å². The molecule has 2 rings (SSSR count). The fourth-order valence-electron chi connectivity index (χ4n) is 1.22. The van der Waals surface area contributed by atoms with E-state index < -0.39 is 0 Å². The van der Waals surface area contributed by atoms with Crippen molar-refractivity contribution in [2.45, 2.75) is 13.5 Å². The lowest BCUT2D eigenvalue weighted by atomic mass is 10.3. The van der Waals surface area contributed by atoms with Gasteiger partial charge in [0.2, 0.25) is 6.33 Å². The first-order valence-electron chi connectivity index (χ1n) is 4.39. The summed E-state index contributed by atoms with van der Waals surface area (Å²) < 4.78 is 3.90. The summed E-state index contributed by atoms with van der Waals surface area (Å²) in [6.45, 7) is 2.97. The molecular weight excluding hydrogens is 242 g/mol. The third kappa shape index (κ3) is 2.20. The number of rotatable bonds is 2. The van der Waals surface area contributed by atoms with Crippen molar-refractivity contribution in [2.75, 3.05) is 0 Å². The molecule has 0 unspecified atom stereocenters. The maximum Gasteiger partial charge on any atom is 0.270 e. The predicted molar refractivity (Wildman–Crippen MR) is 49.4 cm³/mol. The standard InChI is InChI=1S/C10H12N3.BrH/c1-2-13-9-12(8-11-13)10-6-4-3-5-7-10;/h3-9H,2H2,1H3;1H/q+1;/p-1. The molecule has 0 aliphatic rings. The molecule has 1 heterocycles. The van der Waals surface area contributed by atoms with Crippen molar-refractivity contribution in [3.8, 4) is 5.69 Å². The molecular formula is C10H12BrN3. The molecule has 0 N–H and O–H groups in total. The lowest BCUT2D eigenvalue weighted by Crippen LogP contribution is -3.00.